The van der Waals surface area contributed by atoms with Crippen LogP contribution < -0.4 is 11.5 Å². The normalized spacial score (nSPS) is 15.4. The van der Waals surface area contributed by atoms with Gasteiger partial charge in [0.1, 0.15) is 0 Å². The van der Waals surface area contributed by atoms with Crippen LogP contribution in [0.2, 0.25) is 10.0 Å². The van der Waals surface area contributed by atoms with Crippen LogP contribution in [-0.2, 0) is 0 Å². The minimum absolute atomic E-state index is 0. The third-order valence-electron chi connectivity index (χ3n) is 2.81. The van der Waals surface area contributed by atoms with E-state index in [9.17, 15) is 0 Å². The van der Waals surface area contributed by atoms with Gasteiger partial charge in [-0.3, -0.25) is 0 Å². The molecule has 0 aromatic heterocycles. The molecule has 5 nitrogen and oxygen atoms in total. The van der Waals surface area contributed by atoms with Gasteiger partial charge in [-0.25, -0.2) is 4.99 Å². The summed E-state index contributed by atoms with van der Waals surface area (Å²) in [5, 5.41) is 0.895. The summed E-state index contributed by atoms with van der Waals surface area (Å²) >= 11 is 11.7. The Balaban J connectivity index is 0.00000200. The molecule has 9 heteroatoms. The van der Waals surface area contributed by atoms with E-state index in [1.165, 1.54) is 0 Å². The number of halogens is 4. The highest BCUT2D eigenvalue weighted by atomic mass is 35.5. The number of guanidine groups is 2. The highest BCUT2D eigenvalue weighted by Crippen LogP contribution is 2.26. The number of hydrogen-bond acceptors (Lipinski definition) is 1. The van der Waals surface area contributed by atoms with Gasteiger partial charge in [-0.15, -0.1) is 24.8 Å². The Morgan fingerprint density at radius 2 is 1.67 bits per heavy atom. The molecule has 0 radical (unpaired) electrons. The molecule has 0 unspecified atom stereocenters. The van der Waals surface area contributed by atoms with Gasteiger partial charge in [0.15, 0.2) is 5.96 Å². The minimum atomic E-state index is 0. The summed E-state index contributed by atoms with van der Waals surface area (Å²) in [5.41, 5.74) is 12.2. The van der Waals surface area contributed by atoms with Crippen molar-refractivity contribution in [1.29, 1.82) is 0 Å². The van der Waals surface area contributed by atoms with Crippen molar-refractivity contribution in [2.24, 2.45) is 21.5 Å². The van der Waals surface area contributed by atoms with Crippen molar-refractivity contribution in [2.45, 2.75) is 12.8 Å². The van der Waals surface area contributed by atoms with E-state index in [0.29, 0.717) is 21.7 Å². The summed E-state index contributed by atoms with van der Waals surface area (Å²) in [4.78, 5) is 10.2. The van der Waals surface area contributed by atoms with E-state index in [4.69, 9.17) is 34.7 Å². The molecule has 1 heterocycles. The van der Waals surface area contributed by atoms with Gasteiger partial charge in [-0.2, -0.15) is 4.99 Å². The lowest BCUT2D eigenvalue weighted by Gasteiger charge is -2.15. The Kier molecular flexibility index (Phi) is 8.82. The van der Waals surface area contributed by atoms with E-state index in [0.717, 1.165) is 25.9 Å². The summed E-state index contributed by atoms with van der Waals surface area (Å²) in [6.45, 7) is 1.82. The van der Waals surface area contributed by atoms with Crippen LogP contribution in [-0.4, -0.2) is 29.9 Å². The van der Waals surface area contributed by atoms with Crippen LogP contribution in [0.1, 0.15) is 12.8 Å². The number of hydrogen-bond donors (Lipinski definition) is 2. The molecule has 1 aromatic carbocycles. The predicted molar refractivity (Wildman–Crippen MR) is 94.7 cm³/mol. The first kappa shape index (κ1) is 20.1. The van der Waals surface area contributed by atoms with Crippen molar-refractivity contribution in [3.05, 3.63) is 28.2 Å². The van der Waals surface area contributed by atoms with Crippen molar-refractivity contribution < 1.29 is 0 Å². The molecule has 0 aliphatic carbocycles. The smallest absolute Gasteiger partial charge is 0.223 e. The van der Waals surface area contributed by atoms with Crippen molar-refractivity contribution in [1.82, 2.24) is 4.90 Å². The van der Waals surface area contributed by atoms with E-state index < -0.39 is 0 Å². The molecule has 0 bridgehead atoms. The Hall–Kier alpha value is -0.880. The Morgan fingerprint density at radius 3 is 2.24 bits per heavy atom. The van der Waals surface area contributed by atoms with Crippen LogP contribution in [0.5, 0.6) is 0 Å². The van der Waals surface area contributed by atoms with Crippen LogP contribution in [0.4, 0.5) is 5.69 Å². The van der Waals surface area contributed by atoms with E-state index in [-0.39, 0.29) is 30.8 Å². The molecule has 4 N–H and O–H groups in total. The van der Waals surface area contributed by atoms with Crippen molar-refractivity contribution >= 4 is 65.6 Å². The largest absolute Gasteiger partial charge is 0.369 e. The number of likely N-dealkylation sites (tertiary alicyclic amines) is 1. The fourth-order valence-corrected chi connectivity index (χ4v) is 2.14. The monoisotopic (exact) mass is 371 g/mol. The van der Waals surface area contributed by atoms with Gasteiger partial charge in [-0.05, 0) is 31.0 Å². The zero-order valence-electron chi connectivity index (χ0n) is 11.1. The summed E-state index contributed by atoms with van der Waals surface area (Å²) in [6.07, 6.45) is 2.25. The van der Waals surface area contributed by atoms with E-state index in [2.05, 4.69) is 9.98 Å². The first-order valence-electron chi connectivity index (χ1n) is 5.94. The minimum Gasteiger partial charge on any atom is -0.369 e. The molecule has 1 fully saturated rings. The van der Waals surface area contributed by atoms with Crippen LogP contribution in [0, 0.1) is 0 Å². The van der Waals surface area contributed by atoms with E-state index in [1.54, 1.807) is 18.2 Å². The number of nitrogens with two attached hydrogens (primary N) is 2. The topological polar surface area (TPSA) is 80.0 Å². The quantitative estimate of drug-likeness (QED) is 0.586. The molecule has 1 saturated heterocycles. The average Bonchev–Trinajstić information content (AvgIpc) is 2.87. The molecule has 0 atom stereocenters. The molecule has 1 aliphatic rings. The summed E-state index contributed by atoms with van der Waals surface area (Å²) in [5.74, 6) is 0.501. The Bertz CT molecular complexity index is 526. The molecule has 1 aliphatic heterocycles. The second kappa shape index (κ2) is 9.20. The first-order valence-corrected chi connectivity index (χ1v) is 6.70. The molecule has 0 amide bonds. The van der Waals surface area contributed by atoms with E-state index in [1.807, 2.05) is 4.90 Å². The van der Waals surface area contributed by atoms with Crippen molar-refractivity contribution in [3.63, 3.8) is 0 Å². The predicted octanol–water partition coefficient (Wildman–Crippen LogP) is 3.19. The van der Waals surface area contributed by atoms with Gasteiger partial charge in [-0.1, -0.05) is 23.2 Å². The first-order chi connectivity index (χ1) is 9.06. The fourth-order valence-electron chi connectivity index (χ4n) is 1.85. The van der Waals surface area contributed by atoms with Crippen molar-refractivity contribution in [3.8, 4) is 0 Å². The molecule has 118 valence electrons. The van der Waals surface area contributed by atoms with Gasteiger partial charge < -0.3 is 16.4 Å². The summed E-state index contributed by atoms with van der Waals surface area (Å²) < 4.78 is 0. The van der Waals surface area contributed by atoms with Gasteiger partial charge >= 0.3 is 0 Å². The Labute approximate surface area is 146 Å². The number of benzene rings is 1. The van der Waals surface area contributed by atoms with Gasteiger partial charge in [0.25, 0.3) is 0 Å². The molecule has 0 saturated carbocycles. The zero-order valence-corrected chi connectivity index (χ0v) is 14.3. The molecule has 0 spiro atoms. The van der Waals surface area contributed by atoms with Gasteiger partial charge in [0.2, 0.25) is 5.96 Å². The van der Waals surface area contributed by atoms with Crippen LogP contribution in [0.25, 0.3) is 0 Å². The summed E-state index contributed by atoms with van der Waals surface area (Å²) in [6, 6.07) is 4.99. The lowest BCUT2D eigenvalue weighted by molar-refractivity contribution is 0.514. The number of rotatable bonds is 1. The Morgan fingerprint density at radius 1 is 1.05 bits per heavy atom. The van der Waals surface area contributed by atoms with Crippen LogP contribution in [0.15, 0.2) is 28.2 Å². The highest BCUT2D eigenvalue weighted by molar-refractivity contribution is 6.42. The van der Waals surface area contributed by atoms with Gasteiger partial charge in [0, 0.05) is 13.1 Å². The lowest BCUT2D eigenvalue weighted by atomic mass is 10.3. The molecule has 1 aromatic rings. The maximum atomic E-state index is 5.90. The number of aliphatic imine (C=N–C) groups is 2. The molecule has 2 rings (SSSR count). The van der Waals surface area contributed by atoms with Crippen LogP contribution in [0.3, 0.4) is 0 Å². The number of nitrogens with zero attached hydrogens (tertiary/aromatic N) is 3. The van der Waals surface area contributed by atoms with E-state index >= 15 is 0 Å². The second-order valence-corrected chi connectivity index (χ2v) is 5.05. The molecule has 21 heavy (non-hydrogen) atoms. The standard InChI is InChI=1S/C12H15Cl2N5.2ClH/c13-9-4-3-8(7-10(9)14)17-11(15)18-12(16)19-5-1-2-6-19;;/h3-4,7H,1-2,5-6H2,(H4,15,16,17,18);2*1H. The second-order valence-electron chi connectivity index (χ2n) is 4.23. The van der Waals surface area contributed by atoms with Gasteiger partial charge in [0.05, 0.1) is 15.7 Å². The highest BCUT2D eigenvalue weighted by Gasteiger charge is 2.13. The third kappa shape index (κ3) is 5.79. The molecular formula is C12H17Cl4N5. The molecular weight excluding hydrogens is 356 g/mol. The SMILES string of the molecule is Cl.Cl.NC(=Nc1ccc(Cl)c(Cl)c1)/N=C(/N)N1CCCC1. The average molecular weight is 373 g/mol. The van der Waals surface area contributed by atoms with Crippen molar-refractivity contribution in [2.75, 3.05) is 13.1 Å². The lowest BCUT2D eigenvalue weighted by Crippen LogP contribution is -2.36. The maximum absolute atomic E-state index is 5.90. The fraction of sp³-hybridized carbons (Fsp3) is 0.333. The third-order valence-corrected chi connectivity index (χ3v) is 3.55. The zero-order chi connectivity index (χ0) is 13.8. The maximum Gasteiger partial charge on any atom is 0.223 e. The summed E-state index contributed by atoms with van der Waals surface area (Å²) in [7, 11) is 0. The van der Waals surface area contributed by atoms with Crippen LogP contribution >= 0.6 is 48.0 Å².